The molecule has 0 aliphatic heterocycles. The summed E-state index contributed by atoms with van der Waals surface area (Å²) in [6.07, 6.45) is 4.93. The molecule has 1 aromatic rings. The van der Waals surface area contributed by atoms with E-state index in [1.165, 1.54) is 25.3 Å². The Morgan fingerprint density at radius 2 is 2.13 bits per heavy atom. The predicted molar refractivity (Wildman–Crippen MR) is 56.2 cm³/mol. The minimum absolute atomic E-state index is 0.202. The van der Waals surface area contributed by atoms with Crippen molar-refractivity contribution in [2.45, 2.75) is 38.7 Å². The van der Waals surface area contributed by atoms with Gasteiger partial charge in [-0.05, 0) is 31.2 Å². The predicted octanol–water partition coefficient (Wildman–Crippen LogP) is 3.18. The monoisotopic (exact) mass is 209 g/mol. The molecule has 3 heteroatoms. The van der Waals surface area contributed by atoms with Gasteiger partial charge in [0.1, 0.15) is 6.10 Å². The van der Waals surface area contributed by atoms with Crippen LogP contribution in [0, 0.1) is 11.9 Å². The number of aromatic nitrogens is 1. The van der Waals surface area contributed by atoms with Gasteiger partial charge >= 0.3 is 0 Å². The van der Waals surface area contributed by atoms with Crippen LogP contribution in [0.25, 0.3) is 0 Å². The molecule has 1 aliphatic carbocycles. The highest BCUT2D eigenvalue weighted by atomic mass is 19.1. The van der Waals surface area contributed by atoms with Crippen LogP contribution in [0.2, 0.25) is 0 Å². The van der Waals surface area contributed by atoms with E-state index < -0.39 is 5.95 Å². The molecule has 2 rings (SSSR count). The fourth-order valence-corrected chi connectivity index (χ4v) is 2.07. The summed E-state index contributed by atoms with van der Waals surface area (Å²) in [5.41, 5.74) is 0. The van der Waals surface area contributed by atoms with Gasteiger partial charge in [0.05, 0.1) is 0 Å². The Morgan fingerprint density at radius 1 is 1.33 bits per heavy atom. The molecule has 1 aliphatic rings. The van der Waals surface area contributed by atoms with E-state index in [1.807, 2.05) is 0 Å². The number of rotatable bonds is 2. The standard InChI is InChI=1S/C12H16FNO/c1-9-5-2-3-6-10(9)15-12-8-4-7-11(13)14-12/h4,7-10H,2-3,5-6H2,1H3. The Hall–Kier alpha value is -1.12. The molecule has 15 heavy (non-hydrogen) atoms. The van der Waals surface area contributed by atoms with E-state index in [0.717, 1.165) is 6.42 Å². The van der Waals surface area contributed by atoms with E-state index in [-0.39, 0.29) is 6.10 Å². The highest BCUT2D eigenvalue weighted by Crippen LogP contribution is 2.27. The second kappa shape index (κ2) is 4.60. The average molecular weight is 209 g/mol. The SMILES string of the molecule is CC1CCCCC1Oc1cccc(F)n1. The second-order valence-electron chi connectivity index (χ2n) is 4.22. The number of pyridine rings is 1. The van der Waals surface area contributed by atoms with Crippen molar-refractivity contribution in [2.24, 2.45) is 5.92 Å². The first kappa shape index (κ1) is 10.4. The minimum Gasteiger partial charge on any atom is -0.474 e. The first-order valence-electron chi connectivity index (χ1n) is 5.55. The first-order valence-corrected chi connectivity index (χ1v) is 5.55. The summed E-state index contributed by atoms with van der Waals surface area (Å²) in [4.78, 5) is 3.71. The van der Waals surface area contributed by atoms with E-state index >= 15 is 0 Å². The molecule has 0 radical (unpaired) electrons. The topological polar surface area (TPSA) is 22.1 Å². The lowest BCUT2D eigenvalue weighted by Crippen LogP contribution is -2.28. The van der Waals surface area contributed by atoms with Crippen LogP contribution >= 0.6 is 0 Å². The first-order chi connectivity index (χ1) is 7.25. The third-order valence-electron chi connectivity index (χ3n) is 2.99. The molecule has 0 aromatic carbocycles. The van der Waals surface area contributed by atoms with E-state index in [0.29, 0.717) is 11.8 Å². The molecule has 1 saturated carbocycles. The van der Waals surface area contributed by atoms with Gasteiger partial charge in [-0.25, -0.2) is 0 Å². The maximum absolute atomic E-state index is 12.8. The zero-order valence-electron chi connectivity index (χ0n) is 8.95. The molecule has 2 nitrogen and oxygen atoms in total. The maximum Gasteiger partial charge on any atom is 0.216 e. The third kappa shape index (κ3) is 2.67. The van der Waals surface area contributed by atoms with Crippen molar-refractivity contribution in [3.05, 3.63) is 24.1 Å². The number of nitrogens with zero attached hydrogens (tertiary/aromatic N) is 1. The number of hydrogen-bond donors (Lipinski definition) is 0. The van der Waals surface area contributed by atoms with Crippen LogP contribution in [0.3, 0.4) is 0 Å². The summed E-state index contributed by atoms with van der Waals surface area (Å²) in [6, 6.07) is 4.67. The summed E-state index contributed by atoms with van der Waals surface area (Å²) in [6.45, 7) is 2.18. The normalized spacial score (nSPS) is 26.3. The van der Waals surface area contributed by atoms with Gasteiger partial charge in [-0.2, -0.15) is 9.37 Å². The molecule has 1 heterocycles. The van der Waals surface area contributed by atoms with Crippen molar-refractivity contribution in [1.82, 2.24) is 4.98 Å². The van der Waals surface area contributed by atoms with Crippen LogP contribution in [0.5, 0.6) is 5.88 Å². The van der Waals surface area contributed by atoms with E-state index in [9.17, 15) is 4.39 Å². The van der Waals surface area contributed by atoms with Gasteiger partial charge in [-0.15, -0.1) is 0 Å². The van der Waals surface area contributed by atoms with Gasteiger partial charge in [0.25, 0.3) is 0 Å². The quantitative estimate of drug-likeness (QED) is 0.698. The van der Waals surface area contributed by atoms with Crippen molar-refractivity contribution >= 4 is 0 Å². The van der Waals surface area contributed by atoms with E-state index in [4.69, 9.17) is 4.74 Å². The van der Waals surface area contributed by atoms with Crippen molar-refractivity contribution < 1.29 is 9.13 Å². The maximum atomic E-state index is 12.8. The molecule has 82 valence electrons. The Labute approximate surface area is 89.5 Å². The fraction of sp³-hybridized carbons (Fsp3) is 0.583. The largest absolute Gasteiger partial charge is 0.474 e. The van der Waals surface area contributed by atoms with E-state index in [1.54, 1.807) is 12.1 Å². The van der Waals surface area contributed by atoms with Crippen LogP contribution < -0.4 is 4.74 Å². The van der Waals surface area contributed by atoms with Gasteiger partial charge in [0, 0.05) is 6.07 Å². The molecule has 0 N–H and O–H groups in total. The van der Waals surface area contributed by atoms with Gasteiger partial charge in [-0.1, -0.05) is 19.4 Å². The van der Waals surface area contributed by atoms with Crippen molar-refractivity contribution in [3.63, 3.8) is 0 Å². The van der Waals surface area contributed by atoms with Crippen LogP contribution in [-0.2, 0) is 0 Å². The van der Waals surface area contributed by atoms with Crippen molar-refractivity contribution in [2.75, 3.05) is 0 Å². The van der Waals surface area contributed by atoms with Crippen molar-refractivity contribution in [3.8, 4) is 5.88 Å². The van der Waals surface area contributed by atoms with Crippen LogP contribution in [0.4, 0.5) is 4.39 Å². The van der Waals surface area contributed by atoms with Crippen LogP contribution in [-0.4, -0.2) is 11.1 Å². The highest BCUT2D eigenvalue weighted by Gasteiger charge is 2.23. The summed E-state index contributed by atoms with van der Waals surface area (Å²) in [5.74, 6) is 0.480. The zero-order valence-corrected chi connectivity index (χ0v) is 8.95. The molecule has 0 amide bonds. The van der Waals surface area contributed by atoms with Crippen molar-refractivity contribution in [1.29, 1.82) is 0 Å². The van der Waals surface area contributed by atoms with Gasteiger partial charge in [0.15, 0.2) is 0 Å². The van der Waals surface area contributed by atoms with Gasteiger partial charge in [-0.3, -0.25) is 0 Å². The lowest BCUT2D eigenvalue weighted by atomic mass is 9.88. The smallest absolute Gasteiger partial charge is 0.216 e. The van der Waals surface area contributed by atoms with Gasteiger partial charge in [0.2, 0.25) is 11.8 Å². The fourth-order valence-electron chi connectivity index (χ4n) is 2.07. The Balaban J connectivity index is 2.01. The molecule has 0 bridgehead atoms. The Bertz CT molecular complexity index is 329. The van der Waals surface area contributed by atoms with Crippen LogP contribution in [0.15, 0.2) is 18.2 Å². The zero-order chi connectivity index (χ0) is 10.7. The second-order valence-corrected chi connectivity index (χ2v) is 4.22. The summed E-state index contributed by atoms with van der Waals surface area (Å²) in [5, 5.41) is 0. The van der Waals surface area contributed by atoms with Crippen LogP contribution in [0.1, 0.15) is 32.6 Å². The lowest BCUT2D eigenvalue weighted by molar-refractivity contribution is 0.0966. The number of hydrogen-bond acceptors (Lipinski definition) is 2. The summed E-state index contributed by atoms with van der Waals surface area (Å²) < 4.78 is 18.5. The number of halogens is 1. The minimum atomic E-state index is -0.476. The molecule has 2 unspecified atom stereocenters. The number of ether oxygens (including phenoxy) is 1. The Kier molecular flexibility index (Phi) is 3.19. The molecule has 2 atom stereocenters. The lowest BCUT2D eigenvalue weighted by Gasteiger charge is -2.28. The Morgan fingerprint density at radius 3 is 2.87 bits per heavy atom. The third-order valence-corrected chi connectivity index (χ3v) is 2.99. The molecule has 1 aromatic heterocycles. The highest BCUT2D eigenvalue weighted by molar-refractivity contribution is 5.11. The van der Waals surface area contributed by atoms with Gasteiger partial charge < -0.3 is 4.74 Å². The molecule has 1 fully saturated rings. The molecular formula is C12H16FNO. The molecule has 0 saturated heterocycles. The average Bonchev–Trinajstić information content (AvgIpc) is 2.22. The molecular weight excluding hydrogens is 193 g/mol. The van der Waals surface area contributed by atoms with E-state index in [2.05, 4.69) is 11.9 Å². The summed E-state index contributed by atoms with van der Waals surface area (Å²) in [7, 11) is 0. The molecule has 0 spiro atoms. The summed E-state index contributed by atoms with van der Waals surface area (Å²) >= 11 is 0.